The van der Waals surface area contributed by atoms with Crippen LogP contribution in [0.5, 0.6) is 0 Å². The van der Waals surface area contributed by atoms with Gasteiger partial charge in [0.15, 0.2) is 0 Å². The second kappa shape index (κ2) is 7.97. The van der Waals surface area contributed by atoms with Crippen LogP contribution in [0.4, 0.5) is 4.79 Å². The minimum atomic E-state index is -0.523. The quantitative estimate of drug-likeness (QED) is 0.879. The summed E-state index contributed by atoms with van der Waals surface area (Å²) in [6.45, 7) is 5.88. The lowest BCUT2D eigenvalue weighted by atomic mass is 9.95. The van der Waals surface area contributed by atoms with Crippen LogP contribution in [-0.2, 0) is 11.2 Å². The fourth-order valence-corrected chi connectivity index (χ4v) is 2.53. The first kappa shape index (κ1) is 18.0. The van der Waals surface area contributed by atoms with Crippen LogP contribution in [0.3, 0.4) is 0 Å². The van der Waals surface area contributed by atoms with E-state index in [4.69, 9.17) is 10.5 Å². The molecule has 1 amide bonds. The summed E-state index contributed by atoms with van der Waals surface area (Å²) in [5, 5.41) is 2.86. The van der Waals surface area contributed by atoms with E-state index in [1.54, 1.807) is 0 Å². The van der Waals surface area contributed by atoms with Crippen LogP contribution in [0.25, 0.3) is 11.1 Å². The van der Waals surface area contributed by atoms with Gasteiger partial charge in [-0.25, -0.2) is 4.79 Å². The van der Waals surface area contributed by atoms with Crippen molar-refractivity contribution in [3.8, 4) is 11.1 Å². The standard InChI is InChI=1S/C20H26N2O2/c1-20(2,3)24-19(23)22-17(14-21)13-16-11-7-8-12-18(16)15-9-5-4-6-10-15/h4-12,17H,13-14,21H2,1-3H3,(H,22,23). The van der Waals surface area contributed by atoms with Gasteiger partial charge in [-0.2, -0.15) is 0 Å². The lowest BCUT2D eigenvalue weighted by molar-refractivity contribution is 0.0506. The number of nitrogens with two attached hydrogens (primary N) is 1. The Morgan fingerprint density at radius 1 is 1.08 bits per heavy atom. The van der Waals surface area contributed by atoms with Crippen LogP contribution in [-0.4, -0.2) is 24.3 Å². The Hall–Kier alpha value is -2.33. The Morgan fingerprint density at radius 2 is 1.71 bits per heavy atom. The molecule has 0 spiro atoms. The zero-order valence-corrected chi connectivity index (χ0v) is 14.6. The average molecular weight is 326 g/mol. The molecular formula is C20H26N2O2. The van der Waals surface area contributed by atoms with Crippen molar-refractivity contribution in [3.05, 3.63) is 60.2 Å². The van der Waals surface area contributed by atoms with Gasteiger partial charge in [-0.1, -0.05) is 54.6 Å². The minimum Gasteiger partial charge on any atom is -0.444 e. The molecule has 4 nitrogen and oxygen atoms in total. The van der Waals surface area contributed by atoms with Crippen molar-refractivity contribution in [1.29, 1.82) is 0 Å². The topological polar surface area (TPSA) is 64.3 Å². The fourth-order valence-electron chi connectivity index (χ4n) is 2.53. The summed E-state index contributed by atoms with van der Waals surface area (Å²) in [4.78, 5) is 12.0. The van der Waals surface area contributed by atoms with Gasteiger partial charge in [-0.05, 0) is 43.9 Å². The summed E-state index contributed by atoms with van der Waals surface area (Å²) >= 11 is 0. The Labute approximate surface area is 144 Å². The molecule has 0 saturated carbocycles. The number of carbonyl (C=O) groups excluding carboxylic acids is 1. The van der Waals surface area contributed by atoms with E-state index in [-0.39, 0.29) is 6.04 Å². The van der Waals surface area contributed by atoms with Gasteiger partial charge in [-0.15, -0.1) is 0 Å². The van der Waals surface area contributed by atoms with Gasteiger partial charge in [0.1, 0.15) is 5.60 Å². The first-order valence-electron chi connectivity index (χ1n) is 8.22. The lowest BCUT2D eigenvalue weighted by Crippen LogP contribution is -2.44. The molecule has 0 aliphatic carbocycles. The number of rotatable bonds is 5. The molecule has 24 heavy (non-hydrogen) atoms. The summed E-state index contributed by atoms with van der Waals surface area (Å²) in [6, 6.07) is 18.2. The van der Waals surface area contributed by atoms with Crippen LogP contribution in [0.2, 0.25) is 0 Å². The van der Waals surface area contributed by atoms with Crippen molar-refractivity contribution in [1.82, 2.24) is 5.32 Å². The van der Waals surface area contributed by atoms with E-state index in [0.29, 0.717) is 13.0 Å². The molecule has 0 aromatic heterocycles. The Kier molecular flexibility index (Phi) is 5.99. The number of hydrogen-bond acceptors (Lipinski definition) is 3. The monoisotopic (exact) mass is 326 g/mol. The highest BCUT2D eigenvalue weighted by Crippen LogP contribution is 2.24. The van der Waals surface area contributed by atoms with Gasteiger partial charge in [0, 0.05) is 12.6 Å². The van der Waals surface area contributed by atoms with Gasteiger partial charge < -0.3 is 15.8 Å². The van der Waals surface area contributed by atoms with E-state index in [1.165, 1.54) is 0 Å². The van der Waals surface area contributed by atoms with Gasteiger partial charge in [-0.3, -0.25) is 0 Å². The van der Waals surface area contributed by atoms with E-state index in [1.807, 2.05) is 51.1 Å². The summed E-state index contributed by atoms with van der Waals surface area (Å²) < 4.78 is 5.32. The molecule has 1 atom stereocenters. The molecule has 0 bridgehead atoms. The van der Waals surface area contributed by atoms with Crippen molar-refractivity contribution >= 4 is 6.09 Å². The number of ether oxygens (including phenoxy) is 1. The molecule has 4 heteroatoms. The Bertz CT molecular complexity index is 663. The maximum atomic E-state index is 12.0. The molecule has 0 heterocycles. The number of amides is 1. The Morgan fingerprint density at radius 3 is 2.33 bits per heavy atom. The van der Waals surface area contributed by atoms with Crippen LogP contribution in [0.1, 0.15) is 26.3 Å². The molecule has 0 saturated heterocycles. The summed E-state index contributed by atoms with van der Waals surface area (Å²) in [6.07, 6.45) is 0.219. The average Bonchev–Trinajstić information content (AvgIpc) is 2.53. The van der Waals surface area contributed by atoms with Gasteiger partial charge in [0.25, 0.3) is 0 Å². The first-order valence-corrected chi connectivity index (χ1v) is 8.22. The fraction of sp³-hybridized carbons (Fsp3) is 0.350. The molecule has 3 N–H and O–H groups in total. The molecule has 0 aliphatic rings. The van der Waals surface area contributed by atoms with Gasteiger partial charge in [0.2, 0.25) is 0 Å². The summed E-state index contributed by atoms with van der Waals surface area (Å²) in [5.74, 6) is 0. The molecule has 128 valence electrons. The normalized spacial score (nSPS) is 12.5. The number of nitrogens with one attached hydrogen (secondary N) is 1. The van der Waals surface area contributed by atoms with Crippen LogP contribution in [0.15, 0.2) is 54.6 Å². The molecule has 0 fully saturated rings. The second-order valence-corrected chi connectivity index (χ2v) is 6.81. The molecule has 2 rings (SSSR count). The van der Waals surface area contributed by atoms with E-state index < -0.39 is 11.7 Å². The minimum absolute atomic E-state index is 0.176. The van der Waals surface area contributed by atoms with E-state index in [2.05, 4.69) is 29.6 Å². The van der Waals surface area contributed by atoms with E-state index in [9.17, 15) is 4.79 Å². The van der Waals surface area contributed by atoms with Crippen molar-refractivity contribution in [2.75, 3.05) is 6.54 Å². The summed E-state index contributed by atoms with van der Waals surface area (Å²) in [7, 11) is 0. The number of benzene rings is 2. The summed E-state index contributed by atoms with van der Waals surface area (Å²) in [5.41, 5.74) is 8.79. The van der Waals surface area contributed by atoms with Crippen molar-refractivity contribution in [2.45, 2.75) is 38.8 Å². The zero-order chi connectivity index (χ0) is 17.6. The highest BCUT2D eigenvalue weighted by Gasteiger charge is 2.19. The van der Waals surface area contributed by atoms with E-state index in [0.717, 1.165) is 16.7 Å². The van der Waals surface area contributed by atoms with Gasteiger partial charge >= 0.3 is 6.09 Å². The molecular weight excluding hydrogens is 300 g/mol. The lowest BCUT2D eigenvalue weighted by Gasteiger charge is -2.23. The number of carbonyl (C=O) groups is 1. The van der Waals surface area contributed by atoms with Crippen LogP contribution >= 0.6 is 0 Å². The predicted molar refractivity (Wildman–Crippen MR) is 97.8 cm³/mol. The smallest absolute Gasteiger partial charge is 0.407 e. The molecule has 0 radical (unpaired) electrons. The van der Waals surface area contributed by atoms with Crippen LogP contribution in [0, 0.1) is 0 Å². The number of alkyl carbamates (subject to hydrolysis) is 1. The molecule has 1 unspecified atom stereocenters. The predicted octanol–water partition coefficient (Wildman–Crippen LogP) is 3.75. The molecule has 2 aromatic rings. The van der Waals surface area contributed by atoms with Crippen molar-refractivity contribution < 1.29 is 9.53 Å². The maximum absolute atomic E-state index is 12.0. The third kappa shape index (κ3) is 5.39. The highest BCUT2D eigenvalue weighted by molar-refractivity contribution is 5.69. The van der Waals surface area contributed by atoms with Crippen molar-refractivity contribution in [3.63, 3.8) is 0 Å². The van der Waals surface area contributed by atoms with Crippen LogP contribution < -0.4 is 11.1 Å². The maximum Gasteiger partial charge on any atom is 0.407 e. The van der Waals surface area contributed by atoms with Crippen molar-refractivity contribution in [2.24, 2.45) is 5.73 Å². The second-order valence-electron chi connectivity index (χ2n) is 6.81. The Balaban J connectivity index is 2.13. The third-order valence-electron chi connectivity index (χ3n) is 3.57. The molecule has 2 aromatic carbocycles. The SMILES string of the molecule is CC(C)(C)OC(=O)NC(CN)Cc1ccccc1-c1ccccc1. The largest absolute Gasteiger partial charge is 0.444 e. The highest BCUT2D eigenvalue weighted by atomic mass is 16.6. The first-order chi connectivity index (χ1) is 11.4. The number of hydrogen-bond donors (Lipinski definition) is 2. The molecule has 0 aliphatic heterocycles. The van der Waals surface area contributed by atoms with Gasteiger partial charge in [0.05, 0.1) is 0 Å². The van der Waals surface area contributed by atoms with E-state index >= 15 is 0 Å². The zero-order valence-electron chi connectivity index (χ0n) is 14.6. The third-order valence-corrected chi connectivity index (χ3v) is 3.57.